The fraction of sp³-hybridized carbons (Fsp3) is 0.300. The van der Waals surface area contributed by atoms with Crippen molar-refractivity contribution < 1.29 is 23.9 Å². The molecule has 0 amide bonds. The van der Waals surface area contributed by atoms with Crippen LogP contribution >= 0.6 is 0 Å². The highest BCUT2D eigenvalue weighted by Gasteiger charge is 2.26. The van der Waals surface area contributed by atoms with Gasteiger partial charge in [0, 0.05) is 0 Å². The van der Waals surface area contributed by atoms with Gasteiger partial charge in [0.25, 0.3) is 5.69 Å². The molecule has 0 aromatic heterocycles. The van der Waals surface area contributed by atoms with E-state index in [0.717, 1.165) is 6.07 Å². The number of methoxy groups -OCH3 is 3. The number of rotatable bonds is 5. The molecule has 0 saturated carbocycles. The van der Waals surface area contributed by atoms with Gasteiger partial charge in [0.05, 0.1) is 32.3 Å². The van der Waals surface area contributed by atoms with Gasteiger partial charge in [-0.05, 0) is 0 Å². The van der Waals surface area contributed by atoms with E-state index in [0.29, 0.717) is 6.29 Å². The maximum Gasteiger partial charge on any atom is 0.287 e. The zero-order chi connectivity index (χ0) is 13.0. The Morgan fingerprint density at radius 1 is 1.18 bits per heavy atom. The lowest BCUT2D eigenvalue weighted by molar-refractivity contribution is -0.385. The highest BCUT2D eigenvalue weighted by atomic mass is 16.6. The van der Waals surface area contributed by atoms with Gasteiger partial charge in [0.15, 0.2) is 17.8 Å². The van der Waals surface area contributed by atoms with Crippen LogP contribution in [0.2, 0.25) is 0 Å². The summed E-state index contributed by atoms with van der Waals surface area (Å²) in [4.78, 5) is 21.0. The summed E-state index contributed by atoms with van der Waals surface area (Å²) in [6.07, 6.45) is 0.346. The molecule has 0 aliphatic heterocycles. The van der Waals surface area contributed by atoms with Crippen LogP contribution in [0.3, 0.4) is 0 Å². The van der Waals surface area contributed by atoms with Gasteiger partial charge in [-0.3, -0.25) is 14.9 Å². The first kappa shape index (κ1) is 12.8. The second kappa shape index (κ2) is 5.15. The average Bonchev–Trinajstić information content (AvgIpc) is 2.35. The van der Waals surface area contributed by atoms with Crippen LogP contribution in [0.4, 0.5) is 5.69 Å². The summed E-state index contributed by atoms with van der Waals surface area (Å²) >= 11 is 0. The van der Waals surface area contributed by atoms with Crippen molar-refractivity contribution in [3.63, 3.8) is 0 Å². The van der Waals surface area contributed by atoms with Crippen LogP contribution in [0.25, 0.3) is 0 Å². The van der Waals surface area contributed by atoms with E-state index in [1.165, 1.54) is 21.3 Å². The monoisotopic (exact) mass is 241 g/mol. The van der Waals surface area contributed by atoms with E-state index in [9.17, 15) is 14.9 Å². The first-order chi connectivity index (χ1) is 8.10. The minimum atomic E-state index is -0.686. The van der Waals surface area contributed by atoms with Crippen molar-refractivity contribution in [1.29, 1.82) is 0 Å². The van der Waals surface area contributed by atoms with Gasteiger partial charge in [-0.1, -0.05) is 0 Å². The van der Waals surface area contributed by atoms with E-state index in [1.54, 1.807) is 0 Å². The Morgan fingerprint density at radius 2 is 1.76 bits per heavy atom. The van der Waals surface area contributed by atoms with Gasteiger partial charge in [0.1, 0.15) is 5.56 Å². The maximum atomic E-state index is 10.9. The molecule has 0 unspecified atom stereocenters. The molecule has 0 aliphatic rings. The van der Waals surface area contributed by atoms with Crippen molar-refractivity contribution in [1.82, 2.24) is 0 Å². The molecule has 0 heterocycles. The third kappa shape index (κ3) is 2.12. The Balaban J connectivity index is 3.66. The highest BCUT2D eigenvalue weighted by Crippen LogP contribution is 2.43. The number of hydrogen-bond acceptors (Lipinski definition) is 6. The molecule has 17 heavy (non-hydrogen) atoms. The van der Waals surface area contributed by atoms with E-state index in [-0.39, 0.29) is 22.8 Å². The second-order valence-electron chi connectivity index (χ2n) is 2.95. The zero-order valence-electron chi connectivity index (χ0n) is 9.55. The zero-order valence-corrected chi connectivity index (χ0v) is 9.55. The molecule has 0 radical (unpaired) electrons. The van der Waals surface area contributed by atoms with Crippen molar-refractivity contribution in [3.8, 4) is 17.2 Å². The molecule has 7 heteroatoms. The van der Waals surface area contributed by atoms with E-state index in [4.69, 9.17) is 14.2 Å². The SMILES string of the molecule is COc1cc([N+](=O)[O-])c(C=O)c(OC)c1OC. The van der Waals surface area contributed by atoms with Gasteiger partial charge in [0.2, 0.25) is 5.75 Å². The Labute approximate surface area is 97.0 Å². The van der Waals surface area contributed by atoms with Crippen LogP contribution in [0, 0.1) is 10.1 Å². The maximum absolute atomic E-state index is 10.9. The number of ether oxygens (including phenoxy) is 3. The molecule has 0 atom stereocenters. The number of nitro benzene ring substituents is 1. The summed E-state index contributed by atoms with van der Waals surface area (Å²) in [5.74, 6) is 0.248. The van der Waals surface area contributed by atoms with Crippen LogP contribution in [0.5, 0.6) is 17.2 Å². The minimum absolute atomic E-state index is 0.0199. The number of aldehydes is 1. The Bertz CT molecular complexity index is 457. The lowest BCUT2D eigenvalue weighted by Crippen LogP contribution is -2.02. The van der Waals surface area contributed by atoms with E-state index >= 15 is 0 Å². The van der Waals surface area contributed by atoms with Crippen molar-refractivity contribution in [3.05, 3.63) is 21.7 Å². The number of nitrogens with zero attached hydrogens (tertiary/aromatic N) is 1. The predicted molar refractivity (Wildman–Crippen MR) is 58.1 cm³/mol. The Hall–Kier alpha value is -2.31. The highest BCUT2D eigenvalue weighted by molar-refractivity contribution is 5.88. The summed E-state index contributed by atoms with van der Waals surface area (Å²) in [6.45, 7) is 0. The van der Waals surface area contributed by atoms with E-state index in [1.807, 2.05) is 0 Å². The summed E-state index contributed by atoms with van der Waals surface area (Å²) in [7, 11) is 3.97. The topological polar surface area (TPSA) is 87.9 Å². The third-order valence-electron chi connectivity index (χ3n) is 2.16. The van der Waals surface area contributed by atoms with E-state index in [2.05, 4.69) is 0 Å². The van der Waals surface area contributed by atoms with Gasteiger partial charge in [-0.25, -0.2) is 0 Å². The molecule has 0 bridgehead atoms. The number of benzene rings is 1. The molecule has 0 fully saturated rings. The quantitative estimate of drug-likeness (QED) is 0.440. The second-order valence-corrected chi connectivity index (χ2v) is 2.95. The van der Waals surface area contributed by atoms with Gasteiger partial charge in [-0.2, -0.15) is 0 Å². The molecule has 0 spiro atoms. The average molecular weight is 241 g/mol. The summed E-state index contributed by atoms with van der Waals surface area (Å²) in [5, 5.41) is 10.8. The van der Waals surface area contributed by atoms with E-state index < -0.39 is 10.6 Å². The first-order valence-electron chi connectivity index (χ1n) is 4.53. The normalized spacial score (nSPS) is 9.59. The lowest BCUT2D eigenvalue weighted by atomic mass is 10.1. The molecule has 0 saturated heterocycles. The summed E-state index contributed by atoms with van der Waals surface area (Å²) < 4.78 is 14.9. The largest absolute Gasteiger partial charge is 0.492 e. The number of carbonyl (C=O) groups is 1. The molecule has 0 N–H and O–H groups in total. The van der Waals surface area contributed by atoms with Crippen LogP contribution in [-0.4, -0.2) is 32.5 Å². The number of nitro groups is 1. The smallest absolute Gasteiger partial charge is 0.287 e. The predicted octanol–water partition coefficient (Wildman–Crippen LogP) is 1.43. The molecule has 1 rings (SSSR count). The van der Waals surface area contributed by atoms with Gasteiger partial charge in [-0.15, -0.1) is 0 Å². The number of hydrogen-bond donors (Lipinski definition) is 0. The molecule has 0 aliphatic carbocycles. The standard InChI is InChI=1S/C10H11NO6/c1-15-8-4-7(11(13)14)6(5-12)9(16-2)10(8)17-3/h4-5H,1-3H3. The van der Waals surface area contributed by atoms with Crippen molar-refractivity contribution in [2.45, 2.75) is 0 Å². The molecule has 92 valence electrons. The molecule has 1 aromatic carbocycles. The van der Waals surface area contributed by atoms with Crippen molar-refractivity contribution >= 4 is 12.0 Å². The van der Waals surface area contributed by atoms with Crippen molar-refractivity contribution in [2.24, 2.45) is 0 Å². The number of carbonyl (C=O) groups excluding carboxylic acids is 1. The minimum Gasteiger partial charge on any atom is -0.492 e. The van der Waals surface area contributed by atoms with Crippen LogP contribution in [0.1, 0.15) is 10.4 Å². The van der Waals surface area contributed by atoms with Gasteiger partial charge >= 0.3 is 0 Å². The Kier molecular flexibility index (Phi) is 3.86. The Morgan fingerprint density at radius 3 is 2.12 bits per heavy atom. The summed E-state index contributed by atoms with van der Waals surface area (Å²) in [5.41, 5.74) is -0.579. The van der Waals surface area contributed by atoms with Crippen LogP contribution in [-0.2, 0) is 0 Å². The molecular weight excluding hydrogens is 230 g/mol. The lowest BCUT2D eigenvalue weighted by Gasteiger charge is -2.13. The molecule has 1 aromatic rings. The van der Waals surface area contributed by atoms with Crippen LogP contribution in [0.15, 0.2) is 6.07 Å². The first-order valence-corrected chi connectivity index (χ1v) is 4.53. The molecular formula is C10H11NO6. The van der Waals surface area contributed by atoms with Gasteiger partial charge < -0.3 is 14.2 Å². The fourth-order valence-corrected chi connectivity index (χ4v) is 1.43. The van der Waals surface area contributed by atoms with Crippen LogP contribution < -0.4 is 14.2 Å². The van der Waals surface area contributed by atoms with Crippen molar-refractivity contribution in [2.75, 3.05) is 21.3 Å². The molecule has 7 nitrogen and oxygen atoms in total. The third-order valence-corrected chi connectivity index (χ3v) is 2.16. The fourth-order valence-electron chi connectivity index (χ4n) is 1.43. The summed E-state index contributed by atoms with van der Waals surface area (Å²) in [6, 6.07) is 1.12.